The number of carbonyl (C=O) groups excluding carboxylic acids is 1. The number of aromatic nitrogens is 4. The van der Waals surface area contributed by atoms with Crippen molar-refractivity contribution in [2.75, 3.05) is 61.6 Å². The highest BCUT2D eigenvalue weighted by Gasteiger charge is 2.54. The standard InChI is InChI=1S/C60H96FN6O18/c1-15-47-60(10,74)53(70)36(4)49(63-80-33-79-25-24-76-12)34(2)27-58(8,73)55(37(5)51(38(6)56(72)83-47)84-48-28-59(9,78-14)54(71)39(7)82-48)85-57-50(69)45(26-35(3)81-57)65(11)23-22-43-31-66(64-62-43)46(29-61)52(77-13)41-18-16-40(17-19-41)42-20-21-44(32-68)67(75)30-42/h16-21,30-31,34-39,45-48,50-55,57,68-71,73-75H,15,22-29,32-33H2,1-14H3/q+1/b63-49+/t34-,35-,36+,37+,38-,39+,45+,46-,47-,48+,50-,51+,52-,53-,54+,55-,57+,58-,59-,60-/m1/s1. The van der Waals surface area contributed by atoms with Gasteiger partial charge in [0.25, 0.3) is 5.69 Å². The summed E-state index contributed by atoms with van der Waals surface area (Å²) in [6.45, 7) is 16.1. The molecule has 3 aliphatic rings. The number of methoxy groups -OCH3 is 3. The second-order valence-corrected chi connectivity index (χ2v) is 24.1. The lowest BCUT2D eigenvalue weighted by molar-refractivity contribution is -0.910. The number of carbonyl (C=O) groups is 1. The van der Waals surface area contributed by atoms with Crippen LogP contribution in [-0.2, 0) is 65.3 Å². The van der Waals surface area contributed by atoms with E-state index in [1.54, 1.807) is 73.7 Å². The molecule has 0 aliphatic carbocycles. The van der Waals surface area contributed by atoms with Crippen molar-refractivity contribution in [2.45, 2.75) is 204 Å². The highest BCUT2D eigenvalue weighted by Crippen LogP contribution is 2.42. The number of pyridine rings is 1. The first kappa shape index (κ1) is 69.7. The number of ether oxygens (including phenoxy) is 9. The number of aliphatic hydroxyl groups excluding tert-OH is 4. The minimum Gasteiger partial charge on any atom is -0.459 e. The van der Waals surface area contributed by atoms with Gasteiger partial charge in [0.15, 0.2) is 12.6 Å². The highest BCUT2D eigenvalue weighted by molar-refractivity contribution is 5.88. The summed E-state index contributed by atoms with van der Waals surface area (Å²) in [5.74, 6) is -4.56. The molecule has 24 nitrogen and oxygen atoms in total. The van der Waals surface area contributed by atoms with Gasteiger partial charge in [0.2, 0.25) is 13.0 Å². The summed E-state index contributed by atoms with van der Waals surface area (Å²) in [4.78, 5) is 22.3. The maximum atomic E-state index is 15.1. The molecule has 480 valence electrons. The van der Waals surface area contributed by atoms with E-state index < -0.39 is 133 Å². The summed E-state index contributed by atoms with van der Waals surface area (Å²) in [6, 6.07) is 9.23. The van der Waals surface area contributed by atoms with Crippen LogP contribution >= 0.6 is 0 Å². The molecule has 0 bridgehead atoms. The van der Waals surface area contributed by atoms with Crippen LogP contribution in [0.2, 0.25) is 0 Å². The van der Waals surface area contributed by atoms with Crippen LogP contribution in [0.1, 0.15) is 124 Å². The Morgan fingerprint density at radius 2 is 1.62 bits per heavy atom. The average Bonchev–Trinajstić information content (AvgIpc) is 2.86. The number of hydrogen-bond donors (Lipinski definition) is 7. The number of halogens is 1. The van der Waals surface area contributed by atoms with Gasteiger partial charge >= 0.3 is 5.97 Å². The lowest BCUT2D eigenvalue weighted by Gasteiger charge is -2.49. The third-order valence-electron chi connectivity index (χ3n) is 17.6. The molecular weight excluding hydrogens is 1110 g/mol. The Kier molecular flexibility index (Phi) is 25.1. The molecule has 25 heteroatoms. The molecule has 20 atom stereocenters. The first-order chi connectivity index (χ1) is 40.2. The largest absolute Gasteiger partial charge is 0.459 e. The zero-order valence-corrected chi connectivity index (χ0v) is 51.9. The van der Waals surface area contributed by atoms with Crippen LogP contribution in [0.15, 0.2) is 53.9 Å². The van der Waals surface area contributed by atoms with Crippen molar-refractivity contribution in [1.29, 1.82) is 0 Å². The van der Waals surface area contributed by atoms with Crippen molar-refractivity contribution in [2.24, 2.45) is 28.8 Å². The van der Waals surface area contributed by atoms with Crippen molar-refractivity contribution in [3.8, 4) is 11.1 Å². The van der Waals surface area contributed by atoms with Gasteiger partial charge in [0, 0.05) is 81.5 Å². The van der Waals surface area contributed by atoms with Gasteiger partial charge in [0.05, 0.1) is 77.8 Å². The van der Waals surface area contributed by atoms with Crippen molar-refractivity contribution in [3.63, 3.8) is 0 Å². The van der Waals surface area contributed by atoms with Gasteiger partial charge in [-0.05, 0) is 85.0 Å². The van der Waals surface area contributed by atoms with Crippen LogP contribution in [0, 0.1) is 23.7 Å². The summed E-state index contributed by atoms with van der Waals surface area (Å²) < 4.78 is 72.3. The SMILES string of the molecule is CC[C@H]1OC(=O)[C@H](C)[C@@H](O[C@H]2C[C@@](C)(OC)[C@@H](O)[C@H](C)O2)[C@H](C)[C@@H](O[C@@H]2O[C@H](C)C[C@H](N(C)CCc3cn([C@H](CF)[C@H](OC)c4ccc(-c5ccc(CO)[n+](O)c5)cc4)nn3)[C@H]2O)[C@](C)(O)C[C@@H](C)/C(=N\OCOCCOC)[C@H](C)[C@@H](O)[C@]1(C)O. The van der Waals surface area contributed by atoms with E-state index in [-0.39, 0.29) is 45.0 Å². The van der Waals surface area contributed by atoms with E-state index in [0.717, 1.165) is 10.3 Å². The second kappa shape index (κ2) is 30.7. The average molecular weight is 1210 g/mol. The molecule has 0 unspecified atom stereocenters. The Bertz CT molecular complexity index is 2580. The monoisotopic (exact) mass is 1210 g/mol. The number of benzene rings is 1. The zero-order valence-electron chi connectivity index (χ0n) is 51.9. The Morgan fingerprint density at radius 3 is 2.25 bits per heavy atom. The molecule has 5 heterocycles. The summed E-state index contributed by atoms with van der Waals surface area (Å²) in [5.41, 5.74) is -1.76. The lowest BCUT2D eigenvalue weighted by Crippen LogP contribution is -2.61. The van der Waals surface area contributed by atoms with E-state index in [9.17, 15) is 40.6 Å². The van der Waals surface area contributed by atoms with E-state index in [2.05, 4.69) is 15.5 Å². The predicted molar refractivity (Wildman–Crippen MR) is 305 cm³/mol. The van der Waals surface area contributed by atoms with Gasteiger partial charge in [0.1, 0.15) is 49.3 Å². The first-order valence-electron chi connectivity index (χ1n) is 29.5. The smallest absolute Gasteiger partial charge is 0.311 e. The summed E-state index contributed by atoms with van der Waals surface area (Å²) in [7, 11) is 6.35. The van der Waals surface area contributed by atoms with Crippen LogP contribution in [0.25, 0.3) is 11.1 Å². The van der Waals surface area contributed by atoms with Crippen molar-refractivity contribution >= 4 is 11.7 Å². The number of nitrogens with zero attached hydrogens (tertiary/aromatic N) is 6. The Morgan fingerprint density at radius 1 is 0.929 bits per heavy atom. The van der Waals surface area contributed by atoms with Gasteiger partial charge in [-0.3, -0.25) is 10.0 Å². The number of hydrogen-bond acceptors (Lipinski definition) is 22. The Labute approximate surface area is 498 Å². The molecule has 0 spiro atoms. The lowest BCUT2D eigenvalue weighted by atomic mass is 9.73. The van der Waals surface area contributed by atoms with Crippen LogP contribution in [0.3, 0.4) is 0 Å². The quantitative estimate of drug-likeness (QED) is 0.0176. The number of rotatable bonds is 23. The molecule has 7 N–H and O–H groups in total. The molecule has 2 aromatic heterocycles. The maximum Gasteiger partial charge on any atom is 0.311 e. The van der Waals surface area contributed by atoms with E-state index in [1.165, 1.54) is 39.1 Å². The fraction of sp³-hybridized carbons (Fsp3) is 0.750. The molecule has 3 aromatic rings. The molecule has 6 rings (SSSR count). The van der Waals surface area contributed by atoms with Crippen molar-refractivity contribution in [1.82, 2.24) is 19.9 Å². The third-order valence-corrected chi connectivity index (χ3v) is 17.6. The van der Waals surface area contributed by atoms with Crippen LogP contribution in [0.5, 0.6) is 0 Å². The molecule has 3 fully saturated rings. The van der Waals surface area contributed by atoms with Gasteiger partial charge in [-0.1, -0.05) is 62.3 Å². The molecule has 3 saturated heterocycles. The van der Waals surface area contributed by atoms with Crippen LogP contribution in [-0.4, -0.2) is 213 Å². The van der Waals surface area contributed by atoms with Crippen LogP contribution in [0.4, 0.5) is 4.39 Å². The first-order valence-corrected chi connectivity index (χ1v) is 29.5. The number of alkyl halides is 1. The number of esters is 1. The van der Waals surface area contributed by atoms with Crippen molar-refractivity contribution in [3.05, 3.63) is 65.7 Å². The Balaban J connectivity index is 1.29. The second-order valence-electron chi connectivity index (χ2n) is 24.1. The molecule has 0 saturated carbocycles. The minimum absolute atomic E-state index is 0.0344. The summed E-state index contributed by atoms with van der Waals surface area (Å²) >= 11 is 0. The van der Waals surface area contributed by atoms with E-state index in [4.69, 9.17) is 47.5 Å². The number of oxime groups is 1. The van der Waals surface area contributed by atoms with Gasteiger partial charge < -0.3 is 83.0 Å². The molecule has 1 aromatic carbocycles. The number of aliphatic hydroxyl groups is 6. The zero-order chi connectivity index (χ0) is 62.7. The van der Waals surface area contributed by atoms with Gasteiger partial charge in [-0.15, -0.1) is 5.10 Å². The molecule has 0 radical (unpaired) electrons. The van der Waals surface area contributed by atoms with Gasteiger partial charge in [-0.25, -0.2) is 9.07 Å². The predicted octanol–water partition coefficient (Wildman–Crippen LogP) is 4.00. The van der Waals surface area contributed by atoms with Gasteiger partial charge in [-0.2, -0.15) is 0 Å². The third kappa shape index (κ3) is 16.7. The normalized spacial score (nSPS) is 35.8. The van der Waals surface area contributed by atoms with Crippen molar-refractivity contribution < 1.29 is 97.2 Å². The van der Waals surface area contributed by atoms with E-state index >= 15 is 4.39 Å². The molecule has 3 aliphatic heterocycles. The molecular formula is C60H96FN6O18+. The maximum absolute atomic E-state index is 15.1. The summed E-state index contributed by atoms with van der Waals surface area (Å²) in [5, 5.41) is 93.8. The minimum atomic E-state index is -2.03. The van der Waals surface area contributed by atoms with E-state index in [0.29, 0.717) is 48.5 Å². The topological polar surface area (TPSA) is 301 Å². The number of likely N-dealkylation sites (N-methyl/N-ethyl adjacent to an activating group) is 1. The number of cyclic esters (lactones) is 1. The van der Waals surface area contributed by atoms with E-state index in [1.807, 2.05) is 43.1 Å². The highest BCUT2D eigenvalue weighted by atomic mass is 19.1. The fourth-order valence-corrected chi connectivity index (χ4v) is 12.4. The summed E-state index contributed by atoms with van der Waals surface area (Å²) in [6.07, 6.45) is -8.22. The van der Waals surface area contributed by atoms with Crippen LogP contribution < -0.4 is 4.73 Å². The molecule has 0 amide bonds. The fourth-order valence-electron chi connectivity index (χ4n) is 12.4. The Hall–Kier alpha value is -4.42. The molecule has 85 heavy (non-hydrogen) atoms.